The average Bonchev–Trinajstić information content (AvgIpc) is 2.53. The van der Waals surface area contributed by atoms with Gasteiger partial charge in [-0.15, -0.1) is 11.8 Å². The van der Waals surface area contributed by atoms with E-state index in [1.807, 2.05) is 29.4 Å². The van der Waals surface area contributed by atoms with Gasteiger partial charge in [0.05, 0.1) is 10.6 Å². The highest BCUT2D eigenvalue weighted by molar-refractivity contribution is 7.98. The van der Waals surface area contributed by atoms with Gasteiger partial charge in [0.1, 0.15) is 0 Å². The highest BCUT2D eigenvalue weighted by Crippen LogP contribution is 2.25. The first kappa shape index (κ1) is 16.7. The number of carbonyl (C=O) groups is 1. The summed E-state index contributed by atoms with van der Waals surface area (Å²) in [4.78, 5) is 16.0. The van der Waals surface area contributed by atoms with Crippen LogP contribution in [0.2, 0.25) is 5.02 Å². The molecule has 0 spiro atoms. The second kappa shape index (κ2) is 8.06. The number of nitrogens with zero attached hydrogens (tertiary/aromatic N) is 1. The Kier molecular flexibility index (Phi) is 6.40. The molecule has 1 aliphatic rings. The zero-order chi connectivity index (χ0) is 15.2. The molecule has 1 fully saturated rings. The van der Waals surface area contributed by atoms with E-state index >= 15 is 0 Å². The Hall–Kier alpha value is -0.710. The van der Waals surface area contributed by atoms with Gasteiger partial charge in [0, 0.05) is 24.0 Å². The largest absolute Gasteiger partial charge is 0.334 e. The summed E-state index contributed by atoms with van der Waals surface area (Å²) in [5.41, 5.74) is 0.627. The number of thioether (sulfide) groups is 1. The molecule has 0 aromatic heterocycles. The minimum Gasteiger partial charge on any atom is -0.334 e. The number of halogens is 1. The summed E-state index contributed by atoms with van der Waals surface area (Å²) in [7, 11) is 0. The standard InChI is InChI=1S/C16H23ClN2OS/c1-3-9-19(12-5-4-8-18-11-12)16(20)14-10-13(21-2)6-7-15(14)17/h6-7,10,12,18H,3-5,8-9,11H2,1-2H3. The lowest BCUT2D eigenvalue weighted by atomic mass is 10.0. The summed E-state index contributed by atoms with van der Waals surface area (Å²) >= 11 is 7.89. The van der Waals surface area contributed by atoms with E-state index in [1.165, 1.54) is 0 Å². The van der Waals surface area contributed by atoms with Gasteiger partial charge >= 0.3 is 0 Å². The molecule has 1 unspecified atom stereocenters. The third-order valence-electron chi connectivity index (χ3n) is 3.84. The lowest BCUT2D eigenvalue weighted by Crippen LogP contribution is -2.49. The number of nitrogens with one attached hydrogen (secondary N) is 1. The van der Waals surface area contributed by atoms with Crippen LogP contribution in [0, 0.1) is 0 Å². The number of carbonyl (C=O) groups excluding carboxylic acids is 1. The molecule has 1 aliphatic heterocycles. The summed E-state index contributed by atoms with van der Waals surface area (Å²) in [6.07, 6.45) is 5.16. The fourth-order valence-corrected chi connectivity index (χ4v) is 3.38. The van der Waals surface area contributed by atoms with E-state index in [-0.39, 0.29) is 11.9 Å². The van der Waals surface area contributed by atoms with E-state index < -0.39 is 0 Å². The summed E-state index contributed by atoms with van der Waals surface area (Å²) in [5, 5.41) is 3.93. The number of rotatable bonds is 5. The van der Waals surface area contributed by atoms with Crippen LogP contribution in [0.4, 0.5) is 0 Å². The average molecular weight is 327 g/mol. The van der Waals surface area contributed by atoms with Gasteiger partial charge in [-0.3, -0.25) is 4.79 Å². The minimum absolute atomic E-state index is 0.0615. The molecular formula is C16H23ClN2OS. The Morgan fingerprint density at radius 3 is 2.95 bits per heavy atom. The molecular weight excluding hydrogens is 304 g/mol. The summed E-state index contributed by atoms with van der Waals surface area (Å²) in [6, 6.07) is 5.97. The third kappa shape index (κ3) is 4.15. The Bertz CT molecular complexity index is 489. The zero-order valence-corrected chi connectivity index (χ0v) is 14.3. The smallest absolute Gasteiger partial charge is 0.255 e. The van der Waals surface area contributed by atoms with Crippen molar-refractivity contribution in [3.63, 3.8) is 0 Å². The quantitative estimate of drug-likeness (QED) is 0.838. The molecule has 1 amide bonds. The second-order valence-corrected chi connectivity index (χ2v) is 6.63. The highest BCUT2D eigenvalue weighted by atomic mass is 35.5. The molecule has 1 atom stereocenters. The van der Waals surface area contributed by atoms with Crippen molar-refractivity contribution in [2.45, 2.75) is 37.1 Å². The summed E-state index contributed by atoms with van der Waals surface area (Å²) in [6.45, 7) is 4.82. The van der Waals surface area contributed by atoms with Crippen molar-refractivity contribution in [1.29, 1.82) is 0 Å². The van der Waals surface area contributed by atoms with Crippen molar-refractivity contribution in [3.8, 4) is 0 Å². The molecule has 1 aromatic carbocycles. The van der Waals surface area contributed by atoms with Gasteiger partial charge in [0.2, 0.25) is 0 Å². The third-order valence-corrected chi connectivity index (χ3v) is 4.90. The van der Waals surface area contributed by atoms with E-state index in [9.17, 15) is 4.79 Å². The number of piperidine rings is 1. The Balaban J connectivity index is 2.24. The Morgan fingerprint density at radius 2 is 2.33 bits per heavy atom. The first-order valence-corrected chi connectivity index (χ1v) is 9.12. The lowest BCUT2D eigenvalue weighted by Gasteiger charge is -2.35. The Labute approximate surface area is 136 Å². The van der Waals surface area contributed by atoms with Gasteiger partial charge < -0.3 is 10.2 Å². The van der Waals surface area contributed by atoms with Crippen LogP contribution in [0.15, 0.2) is 23.1 Å². The molecule has 5 heteroatoms. The van der Waals surface area contributed by atoms with Crippen LogP contribution >= 0.6 is 23.4 Å². The van der Waals surface area contributed by atoms with Crippen LogP contribution in [0.5, 0.6) is 0 Å². The second-order valence-electron chi connectivity index (χ2n) is 5.34. The van der Waals surface area contributed by atoms with Crippen LogP contribution in [-0.2, 0) is 0 Å². The molecule has 1 N–H and O–H groups in total. The van der Waals surface area contributed by atoms with E-state index in [0.717, 1.165) is 43.8 Å². The molecule has 0 aliphatic carbocycles. The number of hydrogen-bond acceptors (Lipinski definition) is 3. The maximum atomic E-state index is 12.9. The molecule has 0 bridgehead atoms. The first-order valence-electron chi connectivity index (χ1n) is 7.52. The topological polar surface area (TPSA) is 32.3 Å². The van der Waals surface area contributed by atoms with Gasteiger partial charge in [-0.25, -0.2) is 0 Å². The van der Waals surface area contributed by atoms with E-state index in [1.54, 1.807) is 11.8 Å². The fourth-order valence-electron chi connectivity index (χ4n) is 2.74. The highest BCUT2D eigenvalue weighted by Gasteiger charge is 2.26. The molecule has 116 valence electrons. The van der Waals surface area contributed by atoms with Crippen LogP contribution in [0.3, 0.4) is 0 Å². The van der Waals surface area contributed by atoms with Crippen LogP contribution in [0.1, 0.15) is 36.5 Å². The van der Waals surface area contributed by atoms with Crippen molar-refractivity contribution in [2.75, 3.05) is 25.9 Å². The van der Waals surface area contributed by atoms with Crippen LogP contribution < -0.4 is 5.32 Å². The van der Waals surface area contributed by atoms with Crippen molar-refractivity contribution in [2.24, 2.45) is 0 Å². The molecule has 1 saturated heterocycles. The maximum absolute atomic E-state index is 12.9. The van der Waals surface area contributed by atoms with E-state index in [4.69, 9.17) is 11.6 Å². The van der Waals surface area contributed by atoms with Gasteiger partial charge in [0.25, 0.3) is 5.91 Å². The predicted molar refractivity (Wildman–Crippen MR) is 90.5 cm³/mol. The Morgan fingerprint density at radius 1 is 1.52 bits per heavy atom. The van der Waals surface area contributed by atoms with Gasteiger partial charge in [0.15, 0.2) is 0 Å². The fraction of sp³-hybridized carbons (Fsp3) is 0.562. The first-order chi connectivity index (χ1) is 10.2. The zero-order valence-electron chi connectivity index (χ0n) is 12.7. The molecule has 21 heavy (non-hydrogen) atoms. The normalized spacial score (nSPS) is 18.5. The van der Waals surface area contributed by atoms with E-state index in [0.29, 0.717) is 10.6 Å². The van der Waals surface area contributed by atoms with Crippen LogP contribution in [0.25, 0.3) is 0 Å². The molecule has 0 radical (unpaired) electrons. The monoisotopic (exact) mass is 326 g/mol. The van der Waals surface area contributed by atoms with Gasteiger partial charge in [-0.2, -0.15) is 0 Å². The maximum Gasteiger partial charge on any atom is 0.255 e. The molecule has 0 saturated carbocycles. The van der Waals surface area contributed by atoms with Gasteiger partial charge in [-0.1, -0.05) is 18.5 Å². The minimum atomic E-state index is 0.0615. The SMILES string of the molecule is CCCN(C(=O)c1cc(SC)ccc1Cl)C1CCCNC1. The van der Waals surface area contributed by atoms with Crippen molar-refractivity contribution < 1.29 is 4.79 Å². The number of amides is 1. The number of hydrogen-bond donors (Lipinski definition) is 1. The van der Waals surface area contributed by atoms with Crippen molar-refractivity contribution in [3.05, 3.63) is 28.8 Å². The molecule has 1 heterocycles. The van der Waals surface area contributed by atoms with Crippen LogP contribution in [-0.4, -0.2) is 42.7 Å². The van der Waals surface area contributed by atoms with Gasteiger partial charge in [-0.05, 0) is 50.3 Å². The van der Waals surface area contributed by atoms with Crippen molar-refractivity contribution >= 4 is 29.3 Å². The van der Waals surface area contributed by atoms with E-state index in [2.05, 4.69) is 12.2 Å². The predicted octanol–water partition coefficient (Wildman–Crippen LogP) is 3.67. The summed E-state index contributed by atoms with van der Waals surface area (Å²) < 4.78 is 0. The molecule has 2 rings (SSSR count). The lowest BCUT2D eigenvalue weighted by molar-refractivity contribution is 0.0649. The molecule has 1 aromatic rings. The number of benzene rings is 1. The summed E-state index contributed by atoms with van der Waals surface area (Å²) in [5.74, 6) is 0.0615. The molecule has 3 nitrogen and oxygen atoms in total. The van der Waals surface area contributed by atoms with Crippen molar-refractivity contribution in [1.82, 2.24) is 10.2 Å².